The van der Waals surface area contributed by atoms with Crippen LogP contribution in [0.5, 0.6) is 0 Å². The number of halogens is 1. The lowest BCUT2D eigenvalue weighted by Crippen LogP contribution is -2.25. The van der Waals surface area contributed by atoms with E-state index >= 15 is 0 Å². The number of hydrogen-bond donors (Lipinski definition) is 1. The molecule has 0 spiro atoms. The first-order chi connectivity index (χ1) is 8.20. The molecule has 2 saturated carbocycles. The normalized spacial score (nSPS) is 21.5. The molecule has 2 aliphatic rings. The molecular weight excluding hydrogens is 213 g/mol. The smallest absolute Gasteiger partial charge is 0.123 e. The summed E-state index contributed by atoms with van der Waals surface area (Å²) >= 11 is 0. The van der Waals surface area contributed by atoms with Crippen molar-refractivity contribution in [1.82, 2.24) is 5.32 Å². The standard InChI is InChI=1S/C15H20FN/c1-11-8-14(16)5-2-12(11)9-17-10-15(6-7-15)13-3-4-13/h2,5,8,13,17H,3-4,6-7,9-10H2,1H3. The van der Waals surface area contributed by atoms with Crippen LogP contribution < -0.4 is 5.32 Å². The molecule has 0 radical (unpaired) electrons. The van der Waals surface area contributed by atoms with Crippen molar-refractivity contribution in [2.45, 2.75) is 39.2 Å². The quantitative estimate of drug-likeness (QED) is 0.821. The van der Waals surface area contributed by atoms with Crippen LogP contribution in [-0.4, -0.2) is 6.54 Å². The summed E-state index contributed by atoms with van der Waals surface area (Å²) in [4.78, 5) is 0. The van der Waals surface area contributed by atoms with Crippen molar-refractivity contribution >= 4 is 0 Å². The maximum absolute atomic E-state index is 13.0. The zero-order valence-electron chi connectivity index (χ0n) is 10.4. The van der Waals surface area contributed by atoms with E-state index in [1.807, 2.05) is 13.0 Å². The number of aryl methyl sites for hydroxylation is 1. The van der Waals surface area contributed by atoms with Crippen LogP contribution in [0.3, 0.4) is 0 Å². The highest BCUT2D eigenvalue weighted by Gasteiger charge is 2.53. The van der Waals surface area contributed by atoms with Gasteiger partial charge in [0.25, 0.3) is 0 Å². The molecule has 1 aromatic rings. The van der Waals surface area contributed by atoms with Gasteiger partial charge in [-0.3, -0.25) is 0 Å². The van der Waals surface area contributed by atoms with E-state index in [-0.39, 0.29) is 5.82 Å². The van der Waals surface area contributed by atoms with Crippen molar-refractivity contribution in [2.24, 2.45) is 11.3 Å². The Morgan fingerprint density at radius 2 is 2.12 bits per heavy atom. The lowest BCUT2D eigenvalue weighted by molar-refractivity contribution is 0.403. The van der Waals surface area contributed by atoms with Crippen LogP contribution in [0.2, 0.25) is 0 Å². The highest BCUT2D eigenvalue weighted by atomic mass is 19.1. The minimum Gasteiger partial charge on any atom is -0.312 e. The van der Waals surface area contributed by atoms with Gasteiger partial charge in [0, 0.05) is 13.1 Å². The van der Waals surface area contributed by atoms with Crippen molar-refractivity contribution in [3.63, 3.8) is 0 Å². The van der Waals surface area contributed by atoms with Gasteiger partial charge >= 0.3 is 0 Å². The number of nitrogens with one attached hydrogen (secondary N) is 1. The molecule has 17 heavy (non-hydrogen) atoms. The molecule has 2 aliphatic carbocycles. The van der Waals surface area contributed by atoms with Gasteiger partial charge in [-0.15, -0.1) is 0 Å². The maximum atomic E-state index is 13.0. The predicted molar refractivity (Wildman–Crippen MR) is 67.2 cm³/mol. The SMILES string of the molecule is Cc1cc(F)ccc1CNCC1(C2CC2)CC1. The average molecular weight is 233 g/mol. The van der Waals surface area contributed by atoms with Gasteiger partial charge in [-0.2, -0.15) is 0 Å². The van der Waals surface area contributed by atoms with Crippen LogP contribution in [-0.2, 0) is 6.54 Å². The van der Waals surface area contributed by atoms with Crippen LogP contribution in [0.1, 0.15) is 36.8 Å². The van der Waals surface area contributed by atoms with Crippen molar-refractivity contribution in [3.8, 4) is 0 Å². The zero-order valence-corrected chi connectivity index (χ0v) is 10.4. The fraction of sp³-hybridized carbons (Fsp3) is 0.600. The molecule has 0 heterocycles. The monoisotopic (exact) mass is 233 g/mol. The summed E-state index contributed by atoms with van der Waals surface area (Å²) in [5.41, 5.74) is 2.92. The van der Waals surface area contributed by atoms with Crippen molar-refractivity contribution < 1.29 is 4.39 Å². The number of benzene rings is 1. The first-order valence-corrected chi connectivity index (χ1v) is 6.65. The summed E-state index contributed by atoms with van der Waals surface area (Å²) in [5, 5.41) is 3.56. The fourth-order valence-electron chi connectivity index (χ4n) is 2.89. The van der Waals surface area contributed by atoms with Crippen LogP contribution in [0, 0.1) is 24.1 Å². The summed E-state index contributed by atoms with van der Waals surface area (Å²) in [6.07, 6.45) is 5.70. The molecule has 0 aliphatic heterocycles. The maximum Gasteiger partial charge on any atom is 0.123 e. The fourth-order valence-corrected chi connectivity index (χ4v) is 2.89. The summed E-state index contributed by atoms with van der Waals surface area (Å²) < 4.78 is 13.0. The Balaban J connectivity index is 1.53. The van der Waals surface area contributed by atoms with Crippen LogP contribution in [0.15, 0.2) is 18.2 Å². The van der Waals surface area contributed by atoms with Crippen LogP contribution in [0.25, 0.3) is 0 Å². The molecule has 0 saturated heterocycles. The Morgan fingerprint density at radius 3 is 2.71 bits per heavy atom. The highest BCUT2D eigenvalue weighted by Crippen LogP contribution is 2.60. The van der Waals surface area contributed by atoms with Gasteiger partial charge in [0.1, 0.15) is 5.82 Å². The molecule has 2 fully saturated rings. The Labute approximate surface area is 102 Å². The van der Waals surface area contributed by atoms with Gasteiger partial charge in [0.15, 0.2) is 0 Å². The van der Waals surface area contributed by atoms with Gasteiger partial charge in [-0.05, 0) is 67.2 Å². The molecule has 0 unspecified atom stereocenters. The molecule has 1 N–H and O–H groups in total. The molecule has 2 heteroatoms. The summed E-state index contributed by atoms with van der Waals surface area (Å²) in [6.45, 7) is 4.00. The van der Waals surface area contributed by atoms with Gasteiger partial charge in [0.2, 0.25) is 0 Å². The molecule has 1 nitrogen and oxygen atoms in total. The third kappa shape index (κ3) is 2.37. The molecule has 0 atom stereocenters. The van der Waals surface area contributed by atoms with Crippen LogP contribution in [0.4, 0.5) is 4.39 Å². The predicted octanol–water partition coefficient (Wildman–Crippen LogP) is 3.41. The topological polar surface area (TPSA) is 12.0 Å². The van der Waals surface area contributed by atoms with Gasteiger partial charge < -0.3 is 5.32 Å². The van der Waals surface area contributed by atoms with E-state index in [4.69, 9.17) is 0 Å². The molecule has 0 amide bonds. The van der Waals surface area contributed by atoms with Crippen molar-refractivity contribution in [3.05, 3.63) is 35.1 Å². The second-order valence-electron chi connectivity index (χ2n) is 5.81. The number of hydrogen-bond acceptors (Lipinski definition) is 1. The third-order valence-electron chi connectivity index (χ3n) is 4.43. The minimum absolute atomic E-state index is 0.136. The molecule has 92 valence electrons. The summed E-state index contributed by atoms with van der Waals surface area (Å²) in [6, 6.07) is 5.07. The largest absolute Gasteiger partial charge is 0.312 e. The zero-order chi connectivity index (χ0) is 11.9. The second-order valence-corrected chi connectivity index (χ2v) is 5.81. The Bertz CT molecular complexity index is 419. The van der Waals surface area contributed by atoms with E-state index < -0.39 is 0 Å². The van der Waals surface area contributed by atoms with E-state index in [1.165, 1.54) is 31.2 Å². The van der Waals surface area contributed by atoms with E-state index in [0.29, 0.717) is 5.41 Å². The molecule has 3 rings (SSSR count). The van der Waals surface area contributed by atoms with E-state index in [2.05, 4.69) is 5.32 Å². The van der Waals surface area contributed by atoms with Gasteiger partial charge in [0.05, 0.1) is 0 Å². The third-order valence-corrected chi connectivity index (χ3v) is 4.43. The summed E-state index contributed by atoms with van der Waals surface area (Å²) in [5.74, 6) is 0.868. The summed E-state index contributed by atoms with van der Waals surface area (Å²) in [7, 11) is 0. The average Bonchev–Trinajstić information content (AvgIpc) is 3.14. The number of rotatable bonds is 5. The molecule has 0 bridgehead atoms. The lowest BCUT2D eigenvalue weighted by Gasteiger charge is -2.15. The van der Waals surface area contributed by atoms with E-state index in [1.54, 1.807) is 12.1 Å². The Morgan fingerprint density at radius 1 is 1.35 bits per heavy atom. The second kappa shape index (κ2) is 4.09. The van der Waals surface area contributed by atoms with Gasteiger partial charge in [-0.25, -0.2) is 4.39 Å². The van der Waals surface area contributed by atoms with Crippen LogP contribution >= 0.6 is 0 Å². The molecular formula is C15H20FN. The Kier molecular flexibility index (Phi) is 2.70. The van der Waals surface area contributed by atoms with Gasteiger partial charge in [-0.1, -0.05) is 6.07 Å². The van der Waals surface area contributed by atoms with E-state index in [9.17, 15) is 4.39 Å². The molecule has 1 aromatic carbocycles. The first kappa shape index (κ1) is 11.2. The molecule has 0 aromatic heterocycles. The lowest BCUT2D eigenvalue weighted by atomic mass is 10.0. The minimum atomic E-state index is -0.136. The van der Waals surface area contributed by atoms with Crippen molar-refractivity contribution in [1.29, 1.82) is 0 Å². The highest BCUT2D eigenvalue weighted by molar-refractivity contribution is 5.26. The Hall–Kier alpha value is -0.890. The first-order valence-electron chi connectivity index (χ1n) is 6.65. The van der Waals surface area contributed by atoms with Crippen molar-refractivity contribution in [2.75, 3.05) is 6.54 Å². The van der Waals surface area contributed by atoms with E-state index in [0.717, 1.165) is 24.6 Å².